The third-order valence-electron chi connectivity index (χ3n) is 4.45. The van der Waals surface area contributed by atoms with Gasteiger partial charge in [0.05, 0.1) is 17.5 Å². The van der Waals surface area contributed by atoms with Crippen molar-refractivity contribution in [1.29, 1.82) is 0 Å². The molecular weight excluding hydrogens is 300 g/mol. The van der Waals surface area contributed by atoms with Crippen molar-refractivity contribution in [3.8, 4) is 5.75 Å². The third kappa shape index (κ3) is 4.14. The van der Waals surface area contributed by atoms with Crippen molar-refractivity contribution >= 4 is 17.5 Å². The highest BCUT2D eigenvalue weighted by Crippen LogP contribution is 2.32. The number of nitrogens with zero attached hydrogens (tertiary/aromatic N) is 1. The van der Waals surface area contributed by atoms with Crippen molar-refractivity contribution in [2.45, 2.75) is 38.1 Å². The van der Waals surface area contributed by atoms with E-state index in [9.17, 15) is 4.79 Å². The van der Waals surface area contributed by atoms with Gasteiger partial charge >= 0.3 is 0 Å². The lowest BCUT2D eigenvalue weighted by atomic mass is 9.74. The Morgan fingerprint density at radius 1 is 1.45 bits per heavy atom. The summed E-state index contributed by atoms with van der Waals surface area (Å²) in [6.45, 7) is 2.93. The van der Waals surface area contributed by atoms with Crippen molar-refractivity contribution in [2.75, 3.05) is 20.2 Å². The number of hydrogen-bond donors (Lipinski definition) is 1. The molecule has 1 fully saturated rings. The molecule has 2 atom stereocenters. The zero-order valence-corrected chi connectivity index (χ0v) is 14.1. The second-order valence-electron chi connectivity index (χ2n) is 6.34. The van der Waals surface area contributed by atoms with Crippen molar-refractivity contribution < 1.29 is 9.53 Å². The standard InChI is InChI=1S/C17H25ClN2O2/c1-17(19)10-6-5-7-13(17)16(21)20(2)11-12-22-15-9-4-3-8-14(15)18/h3-4,8-9,13H,5-7,10-12,19H2,1-2H3. The number of carbonyl (C=O) groups excluding carboxylic acids is 1. The first-order valence-electron chi connectivity index (χ1n) is 7.83. The van der Waals surface area contributed by atoms with Gasteiger partial charge in [-0.15, -0.1) is 0 Å². The Morgan fingerprint density at radius 3 is 2.86 bits per heavy atom. The van der Waals surface area contributed by atoms with E-state index in [4.69, 9.17) is 22.1 Å². The number of amides is 1. The van der Waals surface area contributed by atoms with Gasteiger partial charge in [0.25, 0.3) is 0 Å². The first-order valence-corrected chi connectivity index (χ1v) is 8.21. The normalized spacial score (nSPS) is 24.8. The smallest absolute Gasteiger partial charge is 0.227 e. The molecule has 1 aliphatic rings. The van der Waals surface area contributed by atoms with Gasteiger partial charge in [-0.25, -0.2) is 0 Å². The van der Waals surface area contributed by atoms with Crippen LogP contribution in [0.1, 0.15) is 32.6 Å². The molecule has 1 aromatic carbocycles. The SMILES string of the molecule is CN(CCOc1ccccc1Cl)C(=O)C1CCCCC1(C)N. The molecule has 1 amide bonds. The zero-order valence-electron chi connectivity index (χ0n) is 13.3. The molecule has 0 spiro atoms. The van der Waals surface area contributed by atoms with Gasteiger partial charge in [-0.2, -0.15) is 0 Å². The highest BCUT2D eigenvalue weighted by molar-refractivity contribution is 6.32. The Balaban J connectivity index is 1.85. The maximum absolute atomic E-state index is 12.6. The summed E-state index contributed by atoms with van der Waals surface area (Å²) < 4.78 is 5.64. The fourth-order valence-electron chi connectivity index (χ4n) is 2.99. The van der Waals surface area contributed by atoms with E-state index in [0.717, 1.165) is 25.7 Å². The molecule has 1 aliphatic carbocycles. The number of likely N-dealkylation sites (N-methyl/N-ethyl adjacent to an activating group) is 1. The quantitative estimate of drug-likeness (QED) is 0.905. The number of hydrogen-bond acceptors (Lipinski definition) is 3. The molecule has 122 valence electrons. The number of para-hydroxylation sites is 1. The van der Waals surface area contributed by atoms with E-state index in [1.165, 1.54) is 0 Å². The van der Waals surface area contributed by atoms with Crippen LogP contribution in [0.3, 0.4) is 0 Å². The monoisotopic (exact) mass is 324 g/mol. The minimum Gasteiger partial charge on any atom is -0.490 e. The molecule has 1 aromatic rings. The van der Waals surface area contributed by atoms with Crippen LogP contribution < -0.4 is 10.5 Å². The largest absolute Gasteiger partial charge is 0.490 e. The van der Waals surface area contributed by atoms with E-state index in [1.54, 1.807) is 11.0 Å². The summed E-state index contributed by atoms with van der Waals surface area (Å²) in [4.78, 5) is 14.3. The van der Waals surface area contributed by atoms with Crippen molar-refractivity contribution in [1.82, 2.24) is 4.90 Å². The van der Waals surface area contributed by atoms with Gasteiger partial charge in [0.15, 0.2) is 0 Å². The molecule has 2 unspecified atom stereocenters. The van der Waals surface area contributed by atoms with Gasteiger partial charge in [-0.3, -0.25) is 4.79 Å². The third-order valence-corrected chi connectivity index (χ3v) is 4.76. The van der Waals surface area contributed by atoms with Crippen LogP contribution in [0.25, 0.3) is 0 Å². The Kier molecular flexibility index (Phi) is 5.70. The highest BCUT2D eigenvalue weighted by atomic mass is 35.5. The molecular formula is C17H25ClN2O2. The molecule has 0 bridgehead atoms. The second kappa shape index (κ2) is 7.34. The van der Waals surface area contributed by atoms with Crippen molar-refractivity contribution in [3.63, 3.8) is 0 Å². The first kappa shape index (κ1) is 17.1. The Bertz CT molecular complexity index is 519. The summed E-state index contributed by atoms with van der Waals surface area (Å²) >= 11 is 6.04. The number of benzene rings is 1. The van der Waals surface area contributed by atoms with Crippen LogP contribution in [0.15, 0.2) is 24.3 Å². The van der Waals surface area contributed by atoms with E-state index >= 15 is 0 Å². The van der Waals surface area contributed by atoms with E-state index in [0.29, 0.717) is 23.9 Å². The number of halogens is 1. The average Bonchev–Trinajstić information content (AvgIpc) is 2.48. The van der Waals surface area contributed by atoms with E-state index in [-0.39, 0.29) is 11.8 Å². The fraction of sp³-hybridized carbons (Fsp3) is 0.588. The zero-order chi connectivity index (χ0) is 16.2. The molecule has 2 rings (SSSR count). The molecule has 1 saturated carbocycles. The maximum Gasteiger partial charge on any atom is 0.227 e. The molecule has 2 N–H and O–H groups in total. The van der Waals surface area contributed by atoms with Crippen molar-refractivity contribution in [2.24, 2.45) is 11.7 Å². The van der Waals surface area contributed by atoms with Crippen LogP contribution in [0.4, 0.5) is 0 Å². The summed E-state index contributed by atoms with van der Waals surface area (Å²) in [5.41, 5.74) is 5.91. The second-order valence-corrected chi connectivity index (χ2v) is 6.75. The average molecular weight is 325 g/mol. The van der Waals surface area contributed by atoms with Crippen LogP contribution in [0.2, 0.25) is 5.02 Å². The lowest BCUT2D eigenvalue weighted by molar-refractivity contribution is -0.137. The van der Waals surface area contributed by atoms with Gasteiger partial charge < -0.3 is 15.4 Å². The van der Waals surface area contributed by atoms with E-state index in [2.05, 4.69) is 0 Å². The predicted octanol–water partition coefficient (Wildman–Crippen LogP) is 3.08. The molecule has 0 radical (unpaired) electrons. The van der Waals surface area contributed by atoms with Crippen molar-refractivity contribution in [3.05, 3.63) is 29.3 Å². The topological polar surface area (TPSA) is 55.6 Å². The van der Waals surface area contributed by atoms with Crippen LogP contribution in [-0.4, -0.2) is 36.5 Å². The number of rotatable bonds is 5. The van der Waals surface area contributed by atoms with Crippen LogP contribution in [0.5, 0.6) is 5.75 Å². The Hall–Kier alpha value is -1.26. The summed E-state index contributed by atoms with van der Waals surface area (Å²) in [7, 11) is 1.81. The number of nitrogens with two attached hydrogens (primary N) is 1. The summed E-state index contributed by atoms with van der Waals surface area (Å²) in [5.74, 6) is 0.672. The Morgan fingerprint density at radius 2 is 2.18 bits per heavy atom. The van der Waals surface area contributed by atoms with Gasteiger partial charge in [0.2, 0.25) is 5.91 Å². The van der Waals surface area contributed by atoms with Gasteiger partial charge in [0, 0.05) is 12.6 Å². The van der Waals surface area contributed by atoms with Crippen LogP contribution in [-0.2, 0) is 4.79 Å². The summed E-state index contributed by atoms with van der Waals surface area (Å²) in [5, 5.41) is 0.582. The van der Waals surface area contributed by atoms with Crippen LogP contribution >= 0.6 is 11.6 Å². The van der Waals surface area contributed by atoms with Gasteiger partial charge in [-0.1, -0.05) is 36.6 Å². The van der Waals surface area contributed by atoms with E-state index < -0.39 is 5.54 Å². The number of ether oxygens (including phenoxy) is 1. The molecule has 4 nitrogen and oxygen atoms in total. The number of carbonyl (C=O) groups is 1. The predicted molar refractivity (Wildman–Crippen MR) is 89.1 cm³/mol. The molecule has 0 saturated heterocycles. The van der Waals surface area contributed by atoms with Gasteiger partial charge in [0.1, 0.15) is 12.4 Å². The fourth-order valence-corrected chi connectivity index (χ4v) is 3.18. The molecule has 0 heterocycles. The molecule has 0 aromatic heterocycles. The Labute approximate surface area is 137 Å². The summed E-state index contributed by atoms with van der Waals surface area (Å²) in [6, 6.07) is 7.34. The minimum absolute atomic E-state index is 0.0911. The van der Waals surface area contributed by atoms with Crippen LogP contribution in [0, 0.1) is 5.92 Å². The molecule has 5 heteroatoms. The minimum atomic E-state index is -0.396. The van der Waals surface area contributed by atoms with Gasteiger partial charge in [-0.05, 0) is 31.9 Å². The maximum atomic E-state index is 12.6. The first-order chi connectivity index (χ1) is 10.4. The summed E-state index contributed by atoms with van der Waals surface area (Å²) in [6.07, 6.45) is 3.97. The lowest BCUT2D eigenvalue weighted by Crippen LogP contribution is -2.53. The molecule has 0 aliphatic heterocycles. The molecule has 22 heavy (non-hydrogen) atoms. The lowest BCUT2D eigenvalue weighted by Gasteiger charge is -2.39. The van der Waals surface area contributed by atoms with E-state index in [1.807, 2.05) is 32.2 Å². The highest BCUT2D eigenvalue weighted by Gasteiger charge is 2.38.